The van der Waals surface area contributed by atoms with Gasteiger partial charge in [0, 0.05) is 10.6 Å². The van der Waals surface area contributed by atoms with Gasteiger partial charge in [0.15, 0.2) is 0 Å². The summed E-state index contributed by atoms with van der Waals surface area (Å²) in [6.07, 6.45) is 2.41. The molecule has 1 heterocycles. The van der Waals surface area contributed by atoms with Crippen LogP contribution in [0.25, 0.3) is 0 Å². The molecule has 0 saturated heterocycles. The van der Waals surface area contributed by atoms with Crippen molar-refractivity contribution in [3.8, 4) is 0 Å². The van der Waals surface area contributed by atoms with Gasteiger partial charge in [-0.1, -0.05) is 25.1 Å². The summed E-state index contributed by atoms with van der Waals surface area (Å²) < 4.78 is 0. The summed E-state index contributed by atoms with van der Waals surface area (Å²) in [6.45, 7) is 2.05. The predicted octanol–water partition coefficient (Wildman–Crippen LogP) is 2.40. The van der Waals surface area contributed by atoms with E-state index < -0.39 is 11.8 Å². The summed E-state index contributed by atoms with van der Waals surface area (Å²) in [6, 6.07) is 11.1. The van der Waals surface area contributed by atoms with E-state index in [2.05, 4.69) is 15.8 Å². The van der Waals surface area contributed by atoms with Gasteiger partial charge in [0.1, 0.15) is 0 Å². The molecule has 0 aliphatic carbocycles. The van der Waals surface area contributed by atoms with Crippen molar-refractivity contribution in [2.75, 3.05) is 5.32 Å². The number of carbonyl (C=O) groups is 2. The summed E-state index contributed by atoms with van der Waals surface area (Å²) in [5.74, 6) is -1.55. The second kappa shape index (κ2) is 7.35. The van der Waals surface area contributed by atoms with Crippen LogP contribution in [0.2, 0.25) is 0 Å². The molecule has 0 atom stereocenters. The second-order valence-corrected chi connectivity index (χ2v) is 5.20. The third kappa shape index (κ3) is 4.54. The molecule has 108 valence electrons. The van der Waals surface area contributed by atoms with Crippen molar-refractivity contribution in [1.82, 2.24) is 5.43 Å². The van der Waals surface area contributed by atoms with E-state index in [0.29, 0.717) is 5.69 Å². The van der Waals surface area contributed by atoms with Crippen LogP contribution in [0.15, 0.2) is 46.9 Å². The minimum atomic E-state index is -0.803. The van der Waals surface area contributed by atoms with Gasteiger partial charge in [-0.3, -0.25) is 9.59 Å². The minimum Gasteiger partial charge on any atom is -0.318 e. The molecule has 21 heavy (non-hydrogen) atoms. The number of aryl methyl sites for hydroxylation is 1. The maximum absolute atomic E-state index is 11.7. The van der Waals surface area contributed by atoms with Crippen LogP contribution in [0.1, 0.15) is 17.4 Å². The largest absolute Gasteiger partial charge is 0.329 e. The van der Waals surface area contributed by atoms with Crippen LogP contribution in [0.5, 0.6) is 0 Å². The molecule has 0 aliphatic heterocycles. The summed E-state index contributed by atoms with van der Waals surface area (Å²) >= 11 is 1.49. The van der Waals surface area contributed by atoms with Crippen LogP contribution < -0.4 is 10.7 Å². The minimum absolute atomic E-state index is 0.578. The number of rotatable bonds is 4. The first kappa shape index (κ1) is 14.9. The van der Waals surface area contributed by atoms with Gasteiger partial charge in [-0.25, -0.2) is 5.43 Å². The molecule has 2 aromatic rings. The van der Waals surface area contributed by atoms with E-state index in [-0.39, 0.29) is 0 Å². The predicted molar refractivity (Wildman–Crippen MR) is 84.5 cm³/mol. The first-order valence-electron chi connectivity index (χ1n) is 6.46. The molecule has 5 nitrogen and oxygen atoms in total. The lowest BCUT2D eigenvalue weighted by Gasteiger charge is -2.04. The van der Waals surface area contributed by atoms with Crippen molar-refractivity contribution in [2.45, 2.75) is 13.3 Å². The molecule has 1 aromatic carbocycles. The van der Waals surface area contributed by atoms with Crippen LogP contribution in [0.3, 0.4) is 0 Å². The number of hydrogen-bond donors (Lipinski definition) is 2. The van der Waals surface area contributed by atoms with Gasteiger partial charge in [0.05, 0.1) is 6.21 Å². The second-order valence-electron chi connectivity index (χ2n) is 4.22. The summed E-state index contributed by atoms with van der Waals surface area (Å²) in [4.78, 5) is 24.1. The van der Waals surface area contributed by atoms with Crippen molar-refractivity contribution in [1.29, 1.82) is 0 Å². The number of amides is 2. The molecule has 2 amide bonds. The number of nitrogens with zero attached hydrogens (tertiary/aromatic N) is 1. The Morgan fingerprint density at radius 3 is 2.57 bits per heavy atom. The third-order valence-electron chi connectivity index (χ3n) is 2.73. The fourth-order valence-electron chi connectivity index (χ4n) is 1.58. The van der Waals surface area contributed by atoms with Crippen LogP contribution >= 0.6 is 11.3 Å². The van der Waals surface area contributed by atoms with Gasteiger partial charge in [-0.2, -0.15) is 5.10 Å². The Bertz CT molecular complexity index is 633. The lowest BCUT2D eigenvalue weighted by atomic mass is 10.1. The van der Waals surface area contributed by atoms with Crippen molar-refractivity contribution >= 4 is 35.1 Å². The quantitative estimate of drug-likeness (QED) is 0.517. The Hall–Kier alpha value is -2.47. The molecule has 0 spiro atoms. The number of carbonyl (C=O) groups excluding carboxylic acids is 2. The SMILES string of the molecule is CCc1ccc(NC(=O)C(=O)N/N=C\c2cccs2)cc1. The highest BCUT2D eigenvalue weighted by Gasteiger charge is 2.12. The van der Waals surface area contributed by atoms with E-state index in [9.17, 15) is 9.59 Å². The molecule has 0 unspecified atom stereocenters. The monoisotopic (exact) mass is 301 g/mol. The van der Waals surface area contributed by atoms with Gasteiger partial charge in [-0.05, 0) is 35.6 Å². The fraction of sp³-hybridized carbons (Fsp3) is 0.133. The molecule has 0 aliphatic rings. The lowest BCUT2D eigenvalue weighted by molar-refractivity contribution is -0.136. The summed E-state index contributed by atoms with van der Waals surface area (Å²) in [5.41, 5.74) is 3.93. The van der Waals surface area contributed by atoms with Gasteiger partial charge in [0.25, 0.3) is 0 Å². The highest BCUT2D eigenvalue weighted by molar-refractivity contribution is 7.11. The number of thiophene rings is 1. The molecule has 2 N–H and O–H groups in total. The Kier molecular flexibility index (Phi) is 5.22. The average Bonchev–Trinajstić information content (AvgIpc) is 3.01. The first-order chi connectivity index (χ1) is 10.2. The maximum Gasteiger partial charge on any atom is 0.329 e. The Labute approximate surface area is 126 Å². The van der Waals surface area contributed by atoms with E-state index in [1.165, 1.54) is 17.6 Å². The summed E-state index contributed by atoms with van der Waals surface area (Å²) in [7, 11) is 0. The number of anilines is 1. The molecule has 0 saturated carbocycles. The van der Waals surface area contributed by atoms with Crippen molar-refractivity contribution in [3.05, 3.63) is 52.2 Å². The van der Waals surface area contributed by atoms with Gasteiger partial charge in [-0.15, -0.1) is 11.3 Å². The fourth-order valence-corrected chi connectivity index (χ4v) is 2.17. The zero-order valence-corrected chi connectivity index (χ0v) is 12.3. The number of hydrazone groups is 1. The Morgan fingerprint density at radius 2 is 1.95 bits per heavy atom. The normalized spacial score (nSPS) is 10.5. The highest BCUT2D eigenvalue weighted by atomic mass is 32.1. The molecular weight excluding hydrogens is 286 g/mol. The van der Waals surface area contributed by atoms with Gasteiger partial charge < -0.3 is 5.32 Å². The van der Waals surface area contributed by atoms with Crippen LogP contribution in [-0.2, 0) is 16.0 Å². The lowest BCUT2D eigenvalue weighted by Crippen LogP contribution is -2.32. The molecule has 0 bridgehead atoms. The van der Waals surface area contributed by atoms with E-state index in [4.69, 9.17) is 0 Å². The smallest absolute Gasteiger partial charge is 0.318 e. The van der Waals surface area contributed by atoms with Crippen molar-refractivity contribution in [2.24, 2.45) is 5.10 Å². The van der Waals surface area contributed by atoms with Crippen LogP contribution in [0, 0.1) is 0 Å². The molecule has 1 aromatic heterocycles. The topological polar surface area (TPSA) is 70.6 Å². The van der Waals surface area contributed by atoms with Crippen LogP contribution in [0.4, 0.5) is 5.69 Å². The van der Waals surface area contributed by atoms with E-state index in [0.717, 1.165) is 16.9 Å². The maximum atomic E-state index is 11.7. The molecular formula is C15H15N3O2S. The molecule has 6 heteroatoms. The van der Waals surface area contributed by atoms with Crippen LogP contribution in [-0.4, -0.2) is 18.0 Å². The van der Waals surface area contributed by atoms with Crippen molar-refractivity contribution in [3.63, 3.8) is 0 Å². The zero-order chi connectivity index (χ0) is 15.1. The molecule has 0 fully saturated rings. The van der Waals surface area contributed by atoms with E-state index >= 15 is 0 Å². The Morgan fingerprint density at radius 1 is 1.19 bits per heavy atom. The highest BCUT2D eigenvalue weighted by Crippen LogP contribution is 2.09. The molecule has 2 rings (SSSR count). The molecule has 0 radical (unpaired) electrons. The number of hydrogen-bond acceptors (Lipinski definition) is 4. The average molecular weight is 301 g/mol. The Balaban J connectivity index is 1.85. The zero-order valence-electron chi connectivity index (χ0n) is 11.5. The summed E-state index contributed by atoms with van der Waals surface area (Å²) in [5, 5.41) is 8.14. The van der Waals surface area contributed by atoms with E-state index in [1.54, 1.807) is 12.1 Å². The first-order valence-corrected chi connectivity index (χ1v) is 7.34. The standard InChI is InChI=1S/C15H15N3O2S/c1-2-11-5-7-12(8-6-11)17-14(19)15(20)18-16-10-13-4-3-9-21-13/h3-10H,2H2,1H3,(H,17,19)(H,18,20)/b16-10-. The van der Waals surface area contributed by atoms with Gasteiger partial charge in [0.2, 0.25) is 0 Å². The number of nitrogens with one attached hydrogen (secondary N) is 2. The number of benzene rings is 1. The third-order valence-corrected chi connectivity index (χ3v) is 3.53. The van der Waals surface area contributed by atoms with Gasteiger partial charge >= 0.3 is 11.8 Å². The van der Waals surface area contributed by atoms with E-state index in [1.807, 2.05) is 36.6 Å². The van der Waals surface area contributed by atoms with Crippen molar-refractivity contribution < 1.29 is 9.59 Å².